The summed E-state index contributed by atoms with van der Waals surface area (Å²) < 4.78 is 1.08. The molecule has 1 aromatic heterocycles. The molecule has 4 rings (SSSR count). The van der Waals surface area contributed by atoms with Crippen LogP contribution in [0.3, 0.4) is 0 Å². The lowest BCUT2D eigenvalue weighted by Gasteiger charge is -2.34. The van der Waals surface area contributed by atoms with Crippen LogP contribution in [0.4, 0.5) is 0 Å². The van der Waals surface area contributed by atoms with Crippen LogP contribution in [0.15, 0.2) is 46.8 Å². The number of nitrogens with zero attached hydrogens (tertiary/aromatic N) is 2. The van der Waals surface area contributed by atoms with E-state index < -0.39 is 5.54 Å². The molecule has 0 unspecified atom stereocenters. The van der Waals surface area contributed by atoms with Gasteiger partial charge in [-0.2, -0.15) is 0 Å². The summed E-state index contributed by atoms with van der Waals surface area (Å²) in [7, 11) is 7.86. The topological polar surface area (TPSA) is 58.7 Å². The first-order chi connectivity index (χ1) is 12.8. The SMILES string of the molecule is [B]c1csc2c(-c3cccc(Cl)c3)cc([C@]3(C)CC(=O)N(C)C(N)=N3)cc12. The van der Waals surface area contributed by atoms with Gasteiger partial charge >= 0.3 is 0 Å². The monoisotopic (exact) mass is 393 g/mol. The molecular formula is C20H17BClN3OS. The first kappa shape index (κ1) is 18.1. The molecule has 1 atom stereocenters. The van der Waals surface area contributed by atoms with E-state index in [4.69, 9.17) is 25.2 Å². The predicted octanol–water partition coefficient (Wildman–Crippen LogP) is 3.41. The van der Waals surface area contributed by atoms with E-state index in [0.717, 1.165) is 26.8 Å². The third-order valence-electron chi connectivity index (χ3n) is 5.04. The number of hydrogen-bond donors (Lipinski definition) is 1. The van der Waals surface area contributed by atoms with E-state index in [0.29, 0.717) is 10.5 Å². The normalized spacial score (nSPS) is 20.2. The van der Waals surface area contributed by atoms with E-state index in [2.05, 4.69) is 11.1 Å². The number of carbonyl (C=O) groups is 1. The average Bonchev–Trinajstić information content (AvgIpc) is 3.00. The van der Waals surface area contributed by atoms with Crippen molar-refractivity contribution in [3.8, 4) is 11.1 Å². The number of nitrogens with two attached hydrogens (primary N) is 1. The fourth-order valence-corrected chi connectivity index (χ4v) is 4.58. The van der Waals surface area contributed by atoms with Gasteiger partial charge in [-0.1, -0.05) is 29.2 Å². The Balaban J connectivity index is 1.98. The molecule has 1 aliphatic heterocycles. The maximum absolute atomic E-state index is 12.4. The second-order valence-corrected chi connectivity index (χ2v) is 8.29. The minimum Gasteiger partial charge on any atom is -0.369 e. The fraction of sp³-hybridized carbons (Fsp3) is 0.200. The van der Waals surface area contributed by atoms with E-state index in [1.165, 1.54) is 4.90 Å². The molecule has 2 aromatic carbocycles. The molecule has 1 amide bonds. The summed E-state index contributed by atoms with van der Waals surface area (Å²) in [4.78, 5) is 18.4. The Bertz CT molecular complexity index is 1110. The van der Waals surface area contributed by atoms with Crippen LogP contribution in [0.1, 0.15) is 18.9 Å². The lowest BCUT2D eigenvalue weighted by atomic mass is 9.83. The van der Waals surface area contributed by atoms with Crippen LogP contribution in [0, 0.1) is 0 Å². The summed E-state index contributed by atoms with van der Waals surface area (Å²) in [6.45, 7) is 1.93. The van der Waals surface area contributed by atoms with E-state index in [1.54, 1.807) is 18.4 Å². The van der Waals surface area contributed by atoms with Crippen molar-refractivity contribution < 1.29 is 4.79 Å². The standard InChI is InChI=1S/C20H17BClN3OS/c1-20(9-17(26)25(2)19(23)24-20)12-7-14(11-4-3-5-13(22)6-11)18-15(8-12)16(21)10-27-18/h3-8,10H,9H2,1-2H3,(H2,23,24)/t20-/m0/s1. The number of amides is 1. The molecule has 4 nitrogen and oxygen atoms in total. The molecular weight excluding hydrogens is 377 g/mol. The highest BCUT2D eigenvalue weighted by Gasteiger charge is 2.36. The van der Waals surface area contributed by atoms with Gasteiger partial charge < -0.3 is 5.73 Å². The Morgan fingerprint density at radius 2 is 2.11 bits per heavy atom. The summed E-state index contributed by atoms with van der Waals surface area (Å²) in [5.41, 5.74) is 8.87. The Kier molecular flexibility index (Phi) is 4.28. The number of halogens is 1. The number of carbonyl (C=O) groups excluding carboxylic acids is 1. The number of aliphatic imine (C=N–C) groups is 1. The summed E-state index contributed by atoms with van der Waals surface area (Å²) in [5, 5.41) is 3.55. The highest BCUT2D eigenvalue weighted by molar-refractivity contribution is 7.19. The van der Waals surface area contributed by atoms with Gasteiger partial charge in [0.25, 0.3) is 0 Å². The van der Waals surface area contributed by atoms with Crippen LogP contribution < -0.4 is 11.2 Å². The quantitative estimate of drug-likeness (QED) is 0.678. The molecule has 27 heavy (non-hydrogen) atoms. The van der Waals surface area contributed by atoms with Crippen LogP contribution in [0.5, 0.6) is 0 Å². The first-order valence-electron chi connectivity index (χ1n) is 8.47. The smallest absolute Gasteiger partial charge is 0.231 e. The molecule has 3 aromatic rings. The highest BCUT2D eigenvalue weighted by atomic mass is 35.5. The lowest BCUT2D eigenvalue weighted by Crippen LogP contribution is -2.47. The summed E-state index contributed by atoms with van der Waals surface area (Å²) >= 11 is 7.80. The lowest BCUT2D eigenvalue weighted by molar-refractivity contribution is -0.128. The van der Waals surface area contributed by atoms with Gasteiger partial charge in [-0.05, 0) is 58.6 Å². The van der Waals surface area contributed by atoms with E-state index in [9.17, 15) is 4.79 Å². The van der Waals surface area contributed by atoms with Gasteiger partial charge in [0, 0.05) is 16.8 Å². The number of thiophene rings is 1. The van der Waals surface area contributed by atoms with Crippen LogP contribution in [0.2, 0.25) is 5.02 Å². The summed E-state index contributed by atoms with van der Waals surface area (Å²) in [6, 6.07) is 11.8. The molecule has 2 N–H and O–H groups in total. The van der Waals surface area contributed by atoms with Gasteiger partial charge in [0.2, 0.25) is 5.91 Å². The maximum Gasteiger partial charge on any atom is 0.231 e. The van der Waals surface area contributed by atoms with Crippen molar-refractivity contribution >= 4 is 58.2 Å². The first-order valence-corrected chi connectivity index (χ1v) is 9.73. The van der Waals surface area contributed by atoms with Gasteiger partial charge in [-0.15, -0.1) is 11.3 Å². The highest BCUT2D eigenvalue weighted by Crippen LogP contribution is 2.40. The Morgan fingerprint density at radius 3 is 2.81 bits per heavy atom. The van der Waals surface area contributed by atoms with Crippen molar-refractivity contribution in [1.29, 1.82) is 0 Å². The number of hydrogen-bond acceptors (Lipinski definition) is 4. The molecule has 0 saturated carbocycles. The number of benzene rings is 2. The molecule has 2 heterocycles. The average molecular weight is 394 g/mol. The van der Waals surface area contributed by atoms with Gasteiger partial charge in [-0.3, -0.25) is 9.69 Å². The van der Waals surface area contributed by atoms with Gasteiger partial charge in [0.1, 0.15) is 7.85 Å². The number of fused-ring (bicyclic) bond motifs is 1. The van der Waals surface area contributed by atoms with Crippen LogP contribution in [-0.2, 0) is 10.3 Å². The minimum absolute atomic E-state index is 0.0623. The van der Waals surface area contributed by atoms with Crippen molar-refractivity contribution in [2.24, 2.45) is 10.7 Å². The minimum atomic E-state index is -0.746. The zero-order chi connectivity index (χ0) is 19.3. The van der Waals surface area contributed by atoms with Crippen LogP contribution in [0.25, 0.3) is 21.2 Å². The molecule has 7 heteroatoms. The Hall–Kier alpha value is -2.31. The van der Waals surface area contributed by atoms with Crippen LogP contribution >= 0.6 is 22.9 Å². The third-order valence-corrected chi connectivity index (χ3v) is 6.32. The summed E-state index contributed by atoms with van der Waals surface area (Å²) in [6.07, 6.45) is 0.245. The molecule has 134 valence electrons. The molecule has 0 saturated heterocycles. The van der Waals surface area contributed by atoms with Crippen molar-refractivity contribution in [2.45, 2.75) is 18.9 Å². The fourth-order valence-electron chi connectivity index (χ4n) is 3.41. The van der Waals surface area contributed by atoms with Gasteiger partial charge in [0.15, 0.2) is 5.96 Å². The van der Waals surface area contributed by atoms with Crippen molar-refractivity contribution in [2.75, 3.05) is 7.05 Å². The van der Waals surface area contributed by atoms with Crippen molar-refractivity contribution in [3.05, 3.63) is 52.4 Å². The van der Waals surface area contributed by atoms with E-state index >= 15 is 0 Å². The molecule has 0 aliphatic carbocycles. The second kappa shape index (κ2) is 6.39. The maximum atomic E-state index is 12.4. The Labute approximate surface area is 168 Å². The van der Waals surface area contributed by atoms with Crippen LogP contribution in [-0.4, -0.2) is 31.7 Å². The van der Waals surface area contributed by atoms with Gasteiger partial charge in [0.05, 0.1) is 12.0 Å². The van der Waals surface area contributed by atoms with Gasteiger partial charge in [-0.25, -0.2) is 4.99 Å². The van der Waals surface area contributed by atoms with E-state index in [1.807, 2.05) is 42.6 Å². The third kappa shape index (κ3) is 3.03. The second-order valence-electron chi connectivity index (χ2n) is 6.98. The van der Waals surface area contributed by atoms with Crippen molar-refractivity contribution in [3.63, 3.8) is 0 Å². The number of rotatable bonds is 2. The molecule has 1 aliphatic rings. The molecule has 0 spiro atoms. The zero-order valence-electron chi connectivity index (χ0n) is 15.0. The number of guanidine groups is 1. The molecule has 0 bridgehead atoms. The predicted molar refractivity (Wildman–Crippen MR) is 114 cm³/mol. The van der Waals surface area contributed by atoms with E-state index in [-0.39, 0.29) is 18.3 Å². The summed E-state index contributed by atoms with van der Waals surface area (Å²) in [5.74, 6) is 0.157. The molecule has 0 fully saturated rings. The largest absolute Gasteiger partial charge is 0.369 e. The Morgan fingerprint density at radius 1 is 1.33 bits per heavy atom. The zero-order valence-corrected chi connectivity index (χ0v) is 16.6. The molecule has 2 radical (unpaired) electrons. The van der Waals surface area contributed by atoms with Crippen molar-refractivity contribution in [1.82, 2.24) is 4.90 Å².